The SMILES string of the molecule is COCCNc1ncnc2c1cnn2CCNC(=O)Cc1cccs1. The number of thiophene rings is 1. The maximum atomic E-state index is 11.9. The first-order valence-corrected chi connectivity index (χ1v) is 8.84. The number of fused-ring (bicyclic) bond motifs is 1. The lowest BCUT2D eigenvalue weighted by atomic mass is 10.3. The Morgan fingerprint density at radius 1 is 1.36 bits per heavy atom. The standard InChI is InChI=1S/C16H20N6O2S/c1-24-7-5-18-15-13-10-21-22(16(13)20-11-19-15)6-4-17-14(23)9-12-3-2-8-25-12/h2-3,8,10-11H,4-7,9H2,1H3,(H,17,23)(H,18,19,20). The van der Waals surface area contributed by atoms with Crippen LogP contribution in [0, 0.1) is 0 Å². The van der Waals surface area contributed by atoms with E-state index in [2.05, 4.69) is 25.7 Å². The van der Waals surface area contributed by atoms with Gasteiger partial charge in [-0.1, -0.05) is 6.07 Å². The summed E-state index contributed by atoms with van der Waals surface area (Å²) in [4.78, 5) is 21.5. The molecule has 3 heterocycles. The number of carbonyl (C=O) groups excluding carboxylic acids is 1. The fraction of sp³-hybridized carbons (Fsp3) is 0.375. The molecule has 9 heteroatoms. The Morgan fingerprint density at radius 3 is 3.08 bits per heavy atom. The summed E-state index contributed by atoms with van der Waals surface area (Å²) in [5.74, 6) is 0.741. The molecule has 0 radical (unpaired) electrons. The molecule has 0 aliphatic carbocycles. The number of nitrogens with zero attached hydrogens (tertiary/aromatic N) is 4. The van der Waals surface area contributed by atoms with Gasteiger partial charge in [-0.15, -0.1) is 11.3 Å². The van der Waals surface area contributed by atoms with E-state index < -0.39 is 0 Å². The average Bonchev–Trinajstić information content (AvgIpc) is 3.26. The maximum Gasteiger partial charge on any atom is 0.225 e. The minimum Gasteiger partial charge on any atom is -0.383 e. The van der Waals surface area contributed by atoms with E-state index in [4.69, 9.17) is 4.74 Å². The van der Waals surface area contributed by atoms with Gasteiger partial charge in [-0.3, -0.25) is 4.79 Å². The third kappa shape index (κ3) is 4.52. The van der Waals surface area contributed by atoms with Crippen molar-refractivity contribution in [3.63, 3.8) is 0 Å². The van der Waals surface area contributed by atoms with Gasteiger partial charge in [0.25, 0.3) is 0 Å². The van der Waals surface area contributed by atoms with Gasteiger partial charge in [0, 0.05) is 25.1 Å². The number of rotatable bonds is 9. The van der Waals surface area contributed by atoms with Crippen molar-refractivity contribution in [1.82, 2.24) is 25.1 Å². The van der Waals surface area contributed by atoms with Gasteiger partial charge in [0.1, 0.15) is 12.1 Å². The molecule has 132 valence electrons. The van der Waals surface area contributed by atoms with Gasteiger partial charge in [0.05, 0.1) is 31.2 Å². The molecule has 3 rings (SSSR count). The van der Waals surface area contributed by atoms with Gasteiger partial charge in [-0.25, -0.2) is 14.6 Å². The quantitative estimate of drug-likeness (QED) is 0.559. The second-order valence-corrected chi connectivity index (χ2v) is 6.39. The van der Waals surface area contributed by atoms with Crippen LogP contribution < -0.4 is 10.6 Å². The van der Waals surface area contributed by atoms with Gasteiger partial charge in [-0.2, -0.15) is 5.10 Å². The molecule has 0 aliphatic heterocycles. The summed E-state index contributed by atoms with van der Waals surface area (Å²) in [5.41, 5.74) is 0.738. The van der Waals surface area contributed by atoms with Crippen LogP contribution in [0.1, 0.15) is 4.88 Å². The van der Waals surface area contributed by atoms with Crippen molar-refractivity contribution in [2.24, 2.45) is 0 Å². The molecule has 0 aromatic carbocycles. The Balaban J connectivity index is 1.56. The number of hydrogen-bond acceptors (Lipinski definition) is 7. The van der Waals surface area contributed by atoms with E-state index in [1.54, 1.807) is 29.3 Å². The molecule has 0 bridgehead atoms. The Hall–Kier alpha value is -2.52. The normalized spacial score (nSPS) is 10.9. The number of hydrogen-bond donors (Lipinski definition) is 2. The number of nitrogens with one attached hydrogen (secondary N) is 2. The molecular weight excluding hydrogens is 340 g/mol. The molecule has 0 saturated carbocycles. The third-order valence-electron chi connectivity index (χ3n) is 3.59. The lowest BCUT2D eigenvalue weighted by Gasteiger charge is -2.07. The molecule has 1 amide bonds. The second kappa shape index (κ2) is 8.54. The monoisotopic (exact) mass is 360 g/mol. The van der Waals surface area contributed by atoms with Gasteiger partial charge in [-0.05, 0) is 11.4 Å². The van der Waals surface area contributed by atoms with Crippen LogP contribution in [0.15, 0.2) is 30.0 Å². The van der Waals surface area contributed by atoms with Gasteiger partial charge in [0.15, 0.2) is 5.65 Å². The van der Waals surface area contributed by atoms with Crippen molar-refractivity contribution in [3.05, 3.63) is 34.9 Å². The first kappa shape index (κ1) is 17.3. The average molecular weight is 360 g/mol. The summed E-state index contributed by atoms with van der Waals surface area (Å²) in [6.45, 7) is 2.30. The summed E-state index contributed by atoms with van der Waals surface area (Å²) in [6, 6.07) is 3.90. The predicted molar refractivity (Wildman–Crippen MR) is 96.7 cm³/mol. The number of carbonyl (C=O) groups is 1. The molecule has 0 spiro atoms. The highest BCUT2D eigenvalue weighted by Crippen LogP contribution is 2.18. The van der Waals surface area contributed by atoms with Crippen LogP contribution in [0.25, 0.3) is 11.0 Å². The highest BCUT2D eigenvalue weighted by atomic mass is 32.1. The minimum atomic E-state index is 0.00968. The van der Waals surface area contributed by atoms with Gasteiger partial charge < -0.3 is 15.4 Å². The van der Waals surface area contributed by atoms with Crippen molar-refractivity contribution >= 4 is 34.1 Å². The largest absolute Gasteiger partial charge is 0.383 e. The molecule has 8 nitrogen and oxygen atoms in total. The summed E-state index contributed by atoms with van der Waals surface area (Å²) < 4.78 is 6.80. The van der Waals surface area contributed by atoms with E-state index in [-0.39, 0.29) is 5.91 Å². The van der Waals surface area contributed by atoms with E-state index in [1.165, 1.54) is 6.33 Å². The lowest BCUT2D eigenvalue weighted by molar-refractivity contribution is -0.120. The van der Waals surface area contributed by atoms with Crippen LogP contribution in [0.5, 0.6) is 0 Å². The fourth-order valence-corrected chi connectivity index (χ4v) is 3.11. The number of anilines is 1. The molecule has 0 unspecified atom stereocenters. The van der Waals surface area contributed by atoms with Crippen molar-refractivity contribution < 1.29 is 9.53 Å². The van der Waals surface area contributed by atoms with E-state index >= 15 is 0 Å². The predicted octanol–water partition coefficient (Wildman–Crippen LogP) is 1.30. The molecule has 3 aromatic rings. The molecule has 3 aromatic heterocycles. The Bertz CT molecular complexity index is 817. The topological polar surface area (TPSA) is 94.0 Å². The number of aromatic nitrogens is 4. The summed E-state index contributed by atoms with van der Waals surface area (Å²) in [6.07, 6.45) is 3.65. The zero-order valence-corrected chi connectivity index (χ0v) is 14.8. The van der Waals surface area contributed by atoms with Crippen LogP contribution in [0.4, 0.5) is 5.82 Å². The highest BCUT2D eigenvalue weighted by molar-refractivity contribution is 7.10. The maximum absolute atomic E-state index is 11.9. The second-order valence-electron chi connectivity index (χ2n) is 5.35. The minimum absolute atomic E-state index is 0.00968. The first-order chi connectivity index (χ1) is 12.3. The smallest absolute Gasteiger partial charge is 0.225 e. The van der Waals surface area contributed by atoms with Crippen molar-refractivity contribution in [3.8, 4) is 0 Å². The van der Waals surface area contributed by atoms with Crippen molar-refractivity contribution in [1.29, 1.82) is 0 Å². The van der Waals surface area contributed by atoms with E-state index in [9.17, 15) is 4.79 Å². The van der Waals surface area contributed by atoms with Crippen LogP contribution in [-0.4, -0.2) is 52.5 Å². The third-order valence-corrected chi connectivity index (χ3v) is 4.47. The summed E-state index contributed by atoms with van der Waals surface area (Å²) in [7, 11) is 1.65. The Morgan fingerprint density at radius 2 is 2.28 bits per heavy atom. The lowest BCUT2D eigenvalue weighted by Crippen LogP contribution is -2.28. The van der Waals surface area contributed by atoms with Crippen LogP contribution in [0.2, 0.25) is 0 Å². The molecule has 25 heavy (non-hydrogen) atoms. The van der Waals surface area contributed by atoms with E-state index in [0.717, 1.165) is 21.7 Å². The first-order valence-electron chi connectivity index (χ1n) is 7.96. The number of ether oxygens (including phenoxy) is 1. The van der Waals surface area contributed by atoms with Gasteiger partial charge >= 0.3 is 0 Å². The molecular formula is C16H20N6O2S. The molecule has 0 fully saturated rings. The van der Waals surface area contributed by atoms with E-state index in [1.807, 2.05) is 17.5 Å². The zero-order valence-electron chi connectivity index (χ0n) is 13.9. The van der Waals surface area contributed by atoms with Crippen molar-refractivity contribution in [2.75, 3.05) is 32.1 Å². The molecule has 0 atom stereocenters. The zero-order chi connectivity index (χ0) is 17.5. The highest BCUT2D eigenvalue weighted by Gasteiger charge is 2.10. The van der Waals surface area contributed by atoms with Crippen LogP contribution >= 0.6 is 11.3 Å². The fourth-order valence-electron chi connectivity index (χ4n) is 2.40. The van der Waals surface area contributed by atoms with Crippen molar-refractivity contribution in [2.45, 2.75) is 13.0 Å². The van der Waals surface area contributed by atoms with E-state index in [0.29, 0.717) is 32.7 Å². The van der Waals surface area contributed by atoms with Crippen LogP contribution in [-0.2, 0) is 22.5 Å². The summed E-state index contributed by atoms with van der Waals surface area (Å²) in [5, 5.41) is 13.3. The number of methoxy groups -OCH3 is 1. The van der Waals surface area contributed by atoms with Crippen LogP contribution in [0.3, 0.4) is 0 Å². The number of amides is 1. The summed E-state index contributed by atoms with van der Waals surface area (Å²) >= 11 is 1.58. The molecule has 2 N–H and O–H groups in total. The Kier molecular flexibility index (Phi) is 5.91. The Labute approximate surface area is 149 Å². The molecule has 0 aliphatic rings. The molecule has 0 saturated heterocycles. The van der Waals surface area contributed by atoms with Gasteiger partial charge in [0.2, 0.25) is 5.91 Å².